The summed E-state index contributed by atoms with van der Waals surface area (Å²) in [5, 5.41) is 6.89. The van der Waals surface area contributed by atoms with Crippen molar-refractivity contribution in [2.75, 3.05) is 12.4 Å². The van der Waals surface area contributed by atoms with Crippen LogP contribution in [0.4, 0.5) is 5.69 Å². The van der Waals surface area contributed by atoms with Crippen molar-refractivity contribution in [2.24, 2.45) is 7.05 Å². The summed E-state index contributed by atoms with van der Waals surface area (Å²) in [7, 11) is 3.07. The Hall–Kier alpha value is -4.01. The molecule has 0 atom stereocenters. The number of aryl methyl sites for hydroxylation is 1. The minimum Gasteiger partial charge on any atom is -0.497 e. The molecule has 3 heterocycles. The normalized spacial score (nSPS) is 10.8. The van der Waals surface area contributed by atoms with E-state index in [0.29, 0.717) is 28.2 Å². The van der Waals surface area contributed by atoms with Crippen LogP contribution in [0.5, 0.6) is 5.75 Å². The van der Waals surface area contributed by atoms with Gasteiger partial charge in [-0.3, -0.25) is 14.6 Å². The van der Waals surface area contributed by atoms with Crippen molar-refractivity contribution in [3.63, 3.8) is 0 Å². The molecule has 0 saturated carbocycles. The third-order valence-electron chi connectivity index (χ3n) is 4.02. The number of hydrogen-bond acceptors (Lipinski definition) is 7. The first-order valence-electron chi connectivity index (χ1n) is 8.30. The highest BCUT2D eigenvalue weighted by Gasteiger charge is 2.13. The average Bonchev–Trinajstić information content (AvgIpc) is 3.13. The number of hydrogen-bond donors (Lipinski definition) is 1. The van der Waals surface area contributed by atoms with E-state index in [0.717, 1.165) is 0 Å². The monoisotopic (exact) mass is 377 g/mol. The van der Waals surface area contributed by atoms with Crippen LogP contribution in [0.2, 0.25) is 0 Å². The van der Waals surface area contributed by atoms with Gasteiger partial charge in [0.05, 0.1) is 7.11 Å². The maximum atomic E-state index is 12.4. The summed E-state index contributed by atoms with van der Waals surface area (Å²) in [6, 6.07) is 11.2. The summed E-state index contributed by atoms with van der Waals surface area (Å²) in [5.41, 5.74) is 2.05. The van der Waals surface area contributed by atoms with Gasteiger partial charge in [-0.05, 0) is 30.3 Å². The maximum absolute atomic E-state index is 12.4. The molecule has 9 heteroatoms. The number of ether oxygens (including phenoxy) is 1. The number of pyridine rings is 1. The van der Waals surface area contributed by atoms with Gasteiger partial charge in [0.25, 0.3) is 11.5 Å². The number of nitrogens with one attached hydrogen (secondary N) is 1. The molecule has 0 aliphatic carbocycles. The van der Waals surface area contributed by atoms with E-state index in [1.54, 1.807) is 43.4 Å². The molecule has 1 aromatic carbocycles. The molecule has 0 unspecified atom stereocenters. The fourth-order valence-electron chi connectivity index (χ4n) is 2.59. The van der Waals surface area contributed by atoms with Gasteiger partial charge in [0.1, 0.15) is 22.7 Å². The number of rotatable bonds is 4. The van der Waals surface area contributed by atoms with E-state index in [1.165, 1.54) is 24.1 Å². The molecule has 0 fully saturated rings. The van der Waals surface area contributed by atoms with Crippen LogP contribution in [-0.2, 0) is 7.05 Å². The molecular weight excluding hydrogens is 362 g/mol. The fourth-order valence-corrected chi connectivity index (χ4v) is 2.59. The van der Waals surface area contributed by atoms with Gasteiger partial charge in [0.15, 0.2) is 5.58 Å². The smallest absolute Gasteiger partial charge is 0.274 e. The van der Waals surface area contributed by atoms with E-state index in [1.807, 2.05) is 0 Å². The lowest BCUT2D eigenvalue weighted by atomic mass is 10.2. The summed E-state index contributed by atoms with van der Waals surface area (Å²) in [6.07, 6.45) is 1.50. The second-order valence-electron chi connectivity index (χ2n) is 5.92. The fraction of sp³-hybridized carbons (Fsp3) is 0.105. The van der Waals surface area contributed by atoms with Crippen LogP contribution in [0, 0.1) is 0 Å². The van der Waals surface area contributed by atoms with Crippen molar-refractivity contribution in [1.29, 1.82) is 0 Å². The zero-order valence-corrected chi connectivity index (χ0v) is 15.0. The first-order valence-corrected chi connectivity index (χ1v) is 8.30. The maximum Gasteiger partial charge on any atom is 0.274 e. The number of carbonyl (C=O) groups is 1. The molecule has 0 aliphatic rings. The molecule has 3 aromatic heterocycles. The van der Waals surface area contributed by atoms with E-state index in [2.05, 4.69) is 20.4 Å². The number of carbonyl (C=O) groups excluding carboxylic acids is 1. The summed E-state index contributed by atoms with van der Waals surface area (Å²) in [5.74, 6) is 0.451. The van der Waals surface area contributed by atoms with Gasteiger partial charge in [-0.25, -0.2) is 9.67 Å². The van der Waals surface area contributed by atoms with Crippen LogP contribution in [0.15, 0.2) is 57.9 Å². The van der Waals surface area contributed by atoms with Crippen molar-refractivity contribution in [2.45, 2.75) is 0 Å². The van der Waals surface area contributed by atoms with Crippen molar-refractivity contribution >= 4 is 22.7 Å². The third-order valence-corrected chi connectivity index (χ3v) is 4.02. The van der Waals surface area contributed by atoms with E-state index in [-0.39, 0.29) is 23.1 Å². The largest absolute Gasteiger partial charge is 0.497 e. The highest BCUT2D eigenvalue weighted by atomic mass is 16.5. The second kappa shape index (κ2) is 6.95. The van der Waals surface area contributed by atoms with Gasteiger partial charge in [0, 0.05) is 31.1 Å². The summed E-state index contributed by atoms with van der Waals surface area (Å²) in [4.78, 5) is 32.3. The topological polar surface area (TPSA) is 112 Å². The summed E-state index contributed by atoms with van der Waals surface area (Å²) < 4.78 is 12.0. The molecule has 4 aromatic rings. The second-order valence-corrected chi connectivity index (χ2v) is 5.92. The first kappa shape index (κ1) is 17.4. The van der Waals surface area contributed by atoms with E-state index < -0.39 is 0 Å². The standard InChI is InChI=1S/C19H15N5O4/c1-24-17(25)6-4-13(23-24)19-22-14-9-11(3-5-16(14)28-19)21-18(26)15-10-12(27-2)7-8-20-15/h3-10H,1-2H3,(H,21,26). The third kappa shape index (κ3) is 3.32. The molecule has 9 nitrogen and oxygen atoms in total. The molecule has 0 aliphatic heterocycles. The highest BCUT2D eigenvalue weighted by Crippen LogP contribution is 2.25. The molecule has 28 heavy (non-hydrogen) atoms. The van der Waals surface area contributed by atoms with Gasteiger partial charge in [-0.1, -0.05) is 0 Å². The SMILES string of the molecule is COc1ccnc(C(=O)Nc2ccc3oc(-c4ccc(=O)n(C)n4)nc3c2)c1. The number of oxazole rings is 1. The number of amides is 1. The Morgan fingerprint density at radius 2 is 2.04 bits per heavy atom. The quantitative estimate of drug-likeness (QED) is 0.580. The Morgan fingerprint density at radius 1 is 1.18 bits per heavy atom. The number of anilines is 1. The van der Waals surface area contributed by atoms with E-state index in [9.17, 15) is 9.59 Å². The predicted octanol–water partition coefficient (Wildman–Crippen LogP) is 2.24. The van der Waals surface area contributed by atoms with Gasteiger partial charge >= 0.3 is 0 Å². The van der Waals surface area contributed by atoms with Crippen LogP contribution in [0.3, 0.4) is 0 Å². The summed E-state index contributed by atoms with van der Waals surface area (Å²) in [6.45, 7) is 0. The summed E-state index contributed by atoms with van der Waals surface area (Å²) >= 11 is 0. The average molecular weight is 377 g/mol. The Labute approximate surface area is 158 Å². The Kier molecular flexibility index (Phi) is 4.32. The predicted molar refractivity (Wildman–Crippen MR) is 101 cm³/mol. The van der Waals surface area contributed by atoms with Crippen molar-refractivity contribution < 1.29 is 13.9 Å². The van der Waals surface area contributed by atoms with Gasteiger partial charge in [-0.15, -0.1) is 0 Å². The Bertz CT molecular complexity index is 1240. The molecule has 1 N–H and O–H groups in total. The number of benzene rings is 1. The lowest BCUT2D eigenvalue weighted by Gasteiger charge is -2.05. The first-order chi connectivity index (χ1) is 13.5. The molecule has 0 saturated heterocycles. The van der Waals surface area contributed by atoms with Gasteiger partial charge in [-0.2, -0.15) is 5.10 Å². The van der Waals surface area contributed by atoms with Crippen LogP contribution >= 0.6 is 0 Å². The number of methoxy groups -OCH3 is 1. The molecule has 4 rings (SSSR count). The number of aromatic nitrogens is 4. The van der Waals surface area contributed by atoms with Crippen molar-refractivity contribution in [1.82, 2.24) is 19.7 Å². The Morgan fingerprint density at radius 3 is 2.82 bits per heavy atom. The molecule has 140 valence electrons. The number of nitrogens with zero attached hydrogens (tertiary/aromatic N) is 4. The van der Waals surface area contributed by atoms with Crippen molar-refractivity contribution in [3.8, 4) is 17.3 Å². The Balaban J connectivity index is 1.61. The van der Waals surface area contributed by atoms with Crippen LogP contribution in [0.25, 0.3) is 22.7 Å². The van der Waals surface area contributed by atoms with Crippen LogP contribution in [0.1, 0.15) is 10.5 Å². The highest BCUT2D eigenvalue weighted by molar-refractivity contribution is 6.03. The minimum atomic E-state index is -0.373. The van der Waals surface area contributed by atoms with Crippen molar-refractivity contribution in [3.05, 3.63) is 64.7 Å². The number of fused-ring (bicyclic) bond motifs is 1. The zero-order valence-electron chi connectivity index (χ0n) is 15.0. The van der Waals surface area contributed by atoms with Crippen LogP contribution in [-0.4, -0.2) is 32.8 Å². The lowest BCUT2D eigenvalue weighted by molar-refractivity contribution is 0.102. The zero-order chi connectivity index (χ0) is 19.7. The van der Waals surface area contributed by atoms with E-state index in [4.69, 9.17) is 9.15 Å². The van der Waals surface area contributed by atoms with Crippen LogP contribution < -0.4 is 15.6 Å². The molecule has 1 amide bonds. The molecule has 0 bridgehead atoms. The molecular formula is C19H15N5O4. The van der Waals surface area contributed by atoms with Gasteiger partial charge < -0.3 is 14.5 Å². The van der Waals surface area contributed by atoms with E-state index >= 15 is 0 Å². The lowest BCUT2D eigenvalue weighted by Crippen LogP contribution is -2.18. The minimum absolute atomic E-state index is 0.226. The molecule has 0 spiro atoms. The molecule has 0 radical (unpaired) electrons. The van der Waals surface area contributed by atoms with Gasteiger partial charge in [0.2, 0.25) is 5.89 Å².